The van der Waals surface area contributed by atoms with Gasteiger partial charge in [0.2, 0.25) is 0 Å². The van der Waals surface area contributed by atoms with Crippen LogP contribution in [0.5, 0.6) is 0 Å². The lowest BCUT2D eigenvalue weighted by Crippen LogP contribution is -2.53. The highest BCUT2D eigenvalue weighted by Gasteiger charge is 2.21. The standard InChI is InChI=1S/C20H18N4.CH4/c1-4-10-17(11-5-1)20-21-23(18-12-6-2-7-13-18)16-24(22-20)19-14-8-3-9-15-19;/h1-15H,16H2,(H,21,22);1H4. The summed E-state index contributed by atoms with van der Waals surface area (Å²) in [6.45, 7) is 0.629. The number of anilines is 2. The molecule has 0 saturated carbocycles. The topological polar surface area (TPSA) is 30.9 Å². The Balaban J connectivity index is 0.00000182. The van der Waals surface area contributed by atoms with Crippen LogP contribution in [0.3, 0.4) is 0 Å². The molecule has 3 aromatic carbocycles. The monoisotopic (exact) mass is 330 g/mol. The van der Waals surface area contributed by atoms with Crippen molar-refractivity contribution in [3.05, 3.63) is 96.6 Å². The minimum atomic E-state index is 0. The Hall–Kier alpha value is -3.27. The molecular weight excluding hydrogens is 308 g/mol. The summed E-state index contributed by atoms with van der Waals surface area (Å²) >= 11 is 0. The lowest BCUT2D eigenvalue weighted by molar-refractivity contribution is 0.679. The molecule has 0 aliphatic carbocycles. The maximum atomic E-state index is 4.80. The number of hydrazine groups is 1. The van der Waals surface area contributed by atoms with Crippen molar-refractivity contribution in [1.82, 2.24) is 5.43 Å². The zero-order valence-electron chi connectivity index (χ0n) is 13.2. The number of rotatable bonds is 3. The fourth-order valence-corrected chi connectivity index (χ4v) is 2.68. The van der Waals surface area contributed by atoms with Crippen molar-refractivity contribution in [3.8, 4) is 0 Å². The largest absolute Gasteiger partial charge is 0.278 e. The number of hydrogen-bond acceptors (Lipinski definition) is 4. The minimum absolute atomic E-state index is 0. The maximum Gasteiger partial charge on any atom is 0.172 e. The van der Waals surface area contributed by atoms with Gasteiger partial charge in [-0.05, 0) is 24.3 Å². The Labute approximate surface area is 149 Å². The second-order valence-corrected chi connectivity index (χ2v) is 5.57. The van der Waals surface area contributed by atoms with Crippen molar-refractivity contribution in [2.75, 3.05) is 16.7 Å². The van der Waals surface area contributed by atoms with Crippen LogP contribution in [-0.2, 0) is 0 Å². The second kappa shape index (κ2) is 7.53. The summed E-state index contributed by atoms with van der Waals surface area (Å²) in [5, 5.41) is 8.90. The fraction of sp³-hybridized carbons (Fsp3) is 0.0952. The number of amidine groups is 1. The molecule has 0 atom stereocenters. The molecule has 1 heterocycles. The summed E-state index contributed by atoms with van der Waals surface area (Å²) < 4.78 is 0. The number of nitrogens with zero attached hydrogens (tertiary/aromatic N) is 3. The molecule has 0 spiro atoms. The van der Waals surface area contributed by atoms with Crippen LogP contribution in [0.1, 0.15) is 13.0 Å². The van der Waals surface area contributed by atoms with Gasteiger partial charge in [0.1, 0.15) is 6.67 Å². The first-order valence-electron chi connectivity index (χ1n) is 7.96. The molecule has 0 fully saturated rings. The molecule has 0 saturated heterocycles. The van der Waals surface area contributed by atoms with Gasteiger partial charge in [0.15, 0.2) is 5.84 Å². The van der Waals surface area contributed by atoms with Gasteiger partial charge in [-0.25, -0.2) is 5.01 Å². The number of nitrogens with one attached hydrogen (secondary N) is 1. The van der Waals surface area contributed by atoms with Crippen LogP contribution >= 0.6 is 0 Å². The minimum Gasteiger partial charge on any atom is -0.278 e. The maximum absolute atomic E-state index is 4.80. The number of hydrazone groups is 1. The third-order valence-corrected chi connectivity index (χ3v) is 3.91. The Morgan fingerprint density at radius 1 is 0.680 bits per heavy atom. The molecule has 1 N–H and O–H groups in total. The van der Waals surface area contributed by atoms with E-state index in [9.17, 15) is 0 Å². The van der Waals surface area contributed by atoms with Crippen LogP contribution in [0.15, 0.2) is 96.1 Å². The molecule has 4 heteroatoms. The fourth-order valence-electron chi connectivity index (χ4n) is 2.68. The van der Waals surface area contributed by atoms with Gasteiger partial charge >= 0.3 is 0 Å². The summed E-state index contributed by atoms with van der Waals surface area (Å²) in [7, 11) is 0. The van der Waals surface area contributed by atoms with Crippen LogP contribution in [0, 0.1) is 0 Å². The van der Waals surface area contributed by atoms with E-state index < -0.39 is 0 Å². The van der Waals surface area contributed by atoms with Gasteiger partial charge in [0.25, 0.3) is 0 Å². The van der Waals surface area contributed by atoms with Crippen molar-refractivity contribution in [3.63, 3.8) is 0 Å². The van der Waals surface area contributed by atoms with E-state index in [1.165, 1.54) is 0 Å². The predicted octanol–water partition coefficient (Wildman–Crippen LogP) is 4.47. The highest BCUT2D eigenvalue weighted by atomic mass is 15.7. The molecule has 1 aliphatic heterocycles. The zero-order chi connectivity index (χ0) is 16.2. The average molecular weight is 330 g/mol. The van der Waals surface area contributed by atoms with E-state index in [0.29, 0.717) is 6.67 Å². The molecule has 0 bridgehead atoms. The summed E-state index contributed by atoms with van der Waals surface area (Å²) in [4.78, 5) is 0. The first-order valence-corrected chi connectivity index (χ1v) is 7.96. The van der Waals surface area contributed by atoms with Gasteiger partial charge in [-0.3, -0.25) is 10.4 Å². The summed E-state index contributed by atoms with van der Waals surface area (Å²) in [5.74, 6) is 0.828. The summed E-state index contributed by atoms with van der Waals surface area (Å²) in [6.07, 6.45) is 0. The normalized spacial score (nSPS) is 13.5. The van der Waals surface area contributed by atoms with E-state index >= 15 is 0 Å². The van der Waals surface area contributed by atoms with Crippen molar-refractivity contribution >= 4 is 17.2 Å². The first-order chi connectivity index (χ1) is 11.9. The molecule has 126 valence electrons. The Bertz CT molecular complexity index is 816. The molecule has 4 nitrogen and oxygen atoms in total. The van der Waals surface area contributed by atoms with Crippen LogP contribution < -0.4 is 15.4 Å². The van der Waals surface area contributed by atoms with Crippen LogP contribution in [0.25, 0.3) is 0 Å². The second-order valence-electron chi connectivity index (χ2n) is 5.57. The molecule has 0 amide bonds. The van der Waals surface area contributed by atoms with E-state index in [0.717, 1.165) is 22.8 Å². The molecule has 0 radical (unpaired) electrons. The molecule has 0 aromatic heterocycles. The molecule has 1 aliphatic rings. The van der Waals surface area contributed by atoms with E-state index in [4.69, 9.17) is 5.10 Å². The molecular formula is C21H22N4. The predicted molar refractivity (Wildman–Crippen MR) is 106 cm³/mol. The van der Waals surface area contributed by atoms with Gasteiger partial charge in [-0.1, -0.05) is 74.2 Å². The van der Waals surface area contributed by atoms with Crippen molar-refractivity contribution in [2.45, 2.75) is 7.43 Å². The first kappa shape index (κ1) is 16.6. The van der Waals surface area contributed by atoms with Gasteiger partial charge in [-0.2, -0.15) is 5.10 Å². The van der Waals surface area contributed by atoms with Crippen LogP contribution in [0.2, 0.25) is 0 Å². The Kier molecular flexibility index (Phi) is 5.00. The van der Waals surface area contributed by atoms with Gasteiger partial charge in [0.05, 0.1) is 11.4 Å². The van der Waals surface area contributed by atoms with E-state index in [1.807, 2.05) is 59.6 Å². The molecule has 4 rings (SSSR count). The van der Waals surface area contributed by atoms with E-state index in [-0.39, 0.29) is 7.43 Å². The van der Waals surface area contributed by atoms with Gasteiger partial charge < -0.3 is 0 Å². The van der Waals surface area contributed by atoms with E-state index in [1.54, 1.807) is 0 Å². The van der Waals surface area contributed by atoms with Crippen molar-refractivity contribution in [1.29, 1.82) is 0 Å². The quantitative estimate of drug-likeness (QED) is 0.768. The average Bonchev–Trinajstić information content (AvgIpc) is 2.70. The highest BCUT2D eigenvalue weighted by Crippen LogP contribution is 2.21. The van der Waals surface area contributed by atoms with Crippen LogP contribution in [-0.4, -0.2) is 12.5 Å². The number of hydrogen-bond donors (Lipinski definition) is 1. The SMILES string of the molecule is C.c1ccc(C2=NN(c3ccccc3)CN(c3ccccc3)N2)cc1. The summed E-state index contributed by atoms with van der Waals surface area (Å²) in [6, 6.07) is 30.7. The van der Waals surface area contributed by atoms with Crippen molar-refractivity contribution < 1.29 is 0 Å². The zero-order valence-corrected chi connectivity index (χ0v) is 13.2. The Morgan fingerprint density at radius 3 is 1.80 bits per heavy atom. The molecule has 0 unspecified atom stereocenters. The molecule has 25 heavy (non-hydrogen) atoms. The third-order valence-electron chi connectivity index (χ3n) is 3.91. The number of benzene rings is 3. The van der Waals surface area contributed by atoms with Crippen LogP contribution in [0.4, 0.5) is 11.4 Å². The van der Waals surface area contributed by atoms with Gasteiger partial charge in [0, 0.05) is 5.56 Å². The van der Waals surface area contributed by atoms with Crippen molar-refractivity contribution in [2.24, 2.45) is 5.10 Å². The Morgan fingerprint density at radius 2 is 1.20 bits per heavy atom. The van der Waals surface area contributed by atoms with Gasteiger partial charge in [-0.15, -0.1) is 0 Å². The van der Waals surface area contributed by atoms with E-state index in [2.05, 4.69) is 46.8 Å². The highest BCUT2D eigenvalue weighted by molar-refractivity contribution is 6.00. The lowest BCUT2D eigenvalue weighted by atomic mass is 10.2. The number of para-hydroxylation sites is 2. The molecule has 3 aromatic rings. The smallest absolute Gasteiger partial charge is 0.172 e. The third kappa shape index (κ3) is 3.63. The lowest BCUT2D eigenvalue weighted by Gasteiger charge is -2.36. The summed E-state index contributed by atoms with van der Waals surface area (Å²) in [5.41, 5.74) is 6.64.